The highest BCUT2D eigenvalue weighted by Gasteiger charge is 2.22. The molecule has 1 heterocycles. The van der Waals surface area contributed by atoms with Crippen molar-refractivity contribution in [3.63, 3.8) is 0 Å². The molecule has 0 saturated carbocycles. The highest BCUT2D eigenvalue weighted by molar-refractivity contribution is 5.92. The molecule has 5 nitrogen and oxygen atoms in total. The summed E-state index contributed by atoms with van der Waals surface area (Å²) >= 11 is 0. The van der Waals surface area contributed by atoms with Crippen molar-refractivity contribution in [3.05, 3.63) is 47.8 Å². The van der Waals surface area contributed by atoms with E-state index < -0.39 is 5.60 Å². The average Bonchev–Trinajstić information content (AvgIpc) is 2.79. The molecule has 0 unspecified atom stereocenters. The Bertz CT molecular complexity index is 627. The van der Waals surface area contributed by atoms with Gasteiger partial charge in [-0.3, -0.25) is 4.79 Å². The minimum absolute atomic E-state index is 0.199. The van der Waals surface area contributed by atoms with E-state index in [1.807, 2.05) is 37.3 Å². The number of hydrogen-bond donors (Lipinski definition) is 1. The monoisotopic (exact) mass is 287 g/mol. The first-order chi connectivity index (χ1) is 9.78. The van der Waals surface area contributed by atoms with E-state index in [1.165, 1.54) is 4.90 Å². The van der Waals surface area contributed by atoms with E-state index >= 15 is 0 Å². The number of aliphatic hydroxyl groups is 1. The Morgan fingerprint density at radius 2 is 1.95 bits per heavy atom. The van der Waals surface area contributed by atoms with Crippen molar-refractivity contribution >= 4 is 5.91 Å². The van der Waals surface area contributed by atoms with E-state index in [0.29, 0.717) is 5.69 Å². The minimum Gasteiger partial charge on any atom is -0.389 e. The van der Waals surface area contributed by atoms with E-state index in [2.05, 4.69) is 5.10 Å². The fraction of sp³-hybridized carbons (Fsp3) is 0.375. The third kappa shape index (κ3) is 3.70. The summed E-state index contributed by atoms with van der Waals surface area (Å²) in [5, 5.41) is 14.2. The first-order valence-electron chi connectivity index (χ1n) is 6.88. The van der Waals surface area contributed by atoms with E-state index in [0.717, 1.165) is 11.4 Å². The zero-order chi connectivity index (χ0) is 15.6. The molecule has 0 atom stereocenters. The van der Waals surface area contributed by atoms with Crippen LogP contribution in [0.3, 0.4) is 0 Å². The minimum atomic E-state index is -0.929. The maximum atomic E-state index is 12.4. The lowest BCUT2D eigenvalue weighted by atomic mass is 10.1. The zero-order valence-electron chi connectivity index (χ0n) is 12.9. The standard InChI is InChI=1S/C16H21N3O2/c1-12-10-14(15(20)18(4)11-16(2,3)21)17-19(12)13-8-6-5-7-9-13/h5-10,21H,11H2,1-4H3. The van der Waals surface area contributed by atoms with Crippen molar-refractivity contribution in [1.29, 1.82) is 0 Å². The number of aromatic nitrogens is 2. The SMILES string of the molecule is Cc1cc(C(=O)N(C)CC(C)(C)O)nn1-c1ccccc1. The topological polar surface area (TPSA) is 58.4 Å². The molecule has 0 spiro atoms. The molecule has 112 valence electrons. The molecule has 5 heteroatoms. The van der Waals surface area contributed by atoms with E-state index in [9.17, 15) is 9.90 Å². The Labute approximate surface area is 124 Å². The summed E-state index contributed by atoms with van der Waals surface area (Å²) < 4.78 is 1.74. The Hall–Kier alpha value is -2.14. The van der Waals surface area contributed by atoms with Gasteiger partial charge in [0.05, 0.1) is 11.3 Å². The van der Waals surface area contributed by atoms with Crippen LogP contribution in [0.25, 0.3) is 5.69 Å². The lowest BCUT2D eigenvalue weighted by Gasteiger charge is -2.24. The van der Waals surface area contributed by atoms with Crippen LogP contribution in [0.2, 0.25) is 0 Å². The molecule has 0 aliphatic rings. The van der Waals surface area contributed by atoms with Crippen LogP contribution in [0.4, 0.5) is 0 Å². The molecule has 1 N–H and O–H groups in total. The molecule has 1 aromatic carbocycles. The number of nitrogens with zero attached hydrogens (tertiary/aromatic N) is 3. The van der Waals surface area contributed by atoms with Crippen molar-refractivity contribution in [3.8, 4) is 5.69 Å². The molecule has 0 aliphatic carbocycles. The van der Waals surface area contributed by atoms with Crippen molar-refractivity contribution < 1.29 is 9.90 Å². The number of hydrogen-bond acceptors (Lipinski definition) is 3. The van der Waals surface area contributed by atoms with Gasteiger partial charge in [-0.25, -0.2) is 4.68 Å². The Balaban J connectivity index is 2.25. The molecule has 1 aromatic heterocycles. The van der Waals surface area contributed by atoms with Gasteiger partial charge in [-0.05, 0) is 39.0 Å². The molecule has 0 radical (unpaired) electrons. The highest BCUT2D eigenvalue weighted by atomic mass is 16.3. The van der Waals surface area contributed by atoms with Gasteiger partial charge in [0, 0.05) is 19.3 Å². The molecule has 21 heavy (non-hydrogen) atoms. The van der Waals surface area contributed by atoms with Gasteiger partial charge in [0.1, 0.15) is 0 Å². The van der Waals surface area contributed by atoms with Crippen molar-refractivity contribution in [1.82, 2.24) is 14.7 Å². The number of rotatable bonds is 4. The van der Waals surface area contributed by atoms with Crippen LogP contribution < -0.4 is 0 Å². The van der Waals surface area contributed by atoms with E-state index in [1.54, 1.807) is 31.6 Å². The Morgan fingerprint density at radius 3 is 2.52 bits per heavy atom. The fourth-order valence-corrected chi connectivity index (χ4v) is 2.26. The quantitative estimate of drug-likeness (QED) is 0.936. The van der Waals surface area contributed by atoms with Crippen molar-refractivity contribution in [2.45, 2.75) is 26.4 Å². The predicted molar refractivity (Wildman–Crippen MR) is 81.6 cm³/mol. The summed E-state index contributed by atoms with van der Waals surface area (Å²) in [5.41, 5.74) is 1.25. The molecule has 0 aliphatic heterocycles. The predicted octanol–water partition coefficient (Wildman–Crippen LogP) is 2.02. The van der Waals surface area contributed by atoms with Gasteiger partial charge in [0.25, 0.3) is 5.91 Å². The number of likely N-dealkylation sites (N-methyl/N-ethyl adjacent to an activating group) is 1. The van der Waals surface area contributed by atoms with Gasteiger partial charge in [0.2, 0.25) is 0 Å². The maximum Gasteiger partial charge on any atom is 0.274 e. The van der Waals surface area contributed by atoms with Crippen LogP contribution in [-0.4, -0.2) is 44.9 Å². The van der Waals surface area contributed by atoms with Crippen LogP contribution in [0, 0.1) is 6.92 Å². The molecular formula is C16H21N3O2. The molecule has 0 fully saturated rings. The first kappa shape index (κ1) is 15.3. The maximum absolute atomic E-state index is 12.4. The number of benzene rings is 1. The summed E-state index contributed by atoms with van der Waals surface area (Å²) in [6.45, 7) is 5.50. The van der Waals surface area contributed by atoms with Crippen LogP contribution in [-0.2, 0) is 0 Å². The summed E-state index contributed by atoms with van der Waals surface area (Å²) in [4.78, 5) is 13.8. The Morgan fingerprint density at radius 1 is 1.33 bits per heavy atom. The fourth-order valence-electron chi connectivity index (χ4n) is 2.26. The van der Waals surface area contributed by atoms with Crippen molar-refractivity contribution in [2.75, 3.05) is 13.6 Å². The second-order valence-electron chi connectivity index (χ2n) is 5.89. The molecule has 0 saturated heterocycles. The molecular weight excluding hydrogens is 266 g/mol. The summed E-state index contributed by atoms with van der Waals surface area (Å²) in [5.74, 6) is -0.199. The van der Waals surface area contributed by atoms with Gasteiger partial charge in [0.15, 0.2) is 5.69 Å². The summed E-state index contributed by atoms with van der Waals surface area (Å²) in [7, 11) is 1.66. The van der Waals surface area contributed by atoms with Crippen molar-refractivity contribution in [2.24, 2.45) is 0 Å². The molecule has 2 rings (SSSR count). The Kier molecular flexibility index (Phi) is 4.14. The van der Waals surface area contributed by atoms with Crippen LogP contribution in [0.1, 0.15) is 30.0 Å². The summed E-state index contributed by atoms with van der Waals surface area (Å²) in [6, 6.07) is 11.4. The number of para-hydroxylation sites is 1. The van der Waals surface area contributed by atoms with Gasteiger partial charge in [-0.15, -0.1) is 0 Å². The molecule has 1 amide bonds. The third-order valence-electron chi connectivity index (χ3n) is 3.08. The van der Waals surface area contributed by atoms with Crippen LogP contribution in [0.5, 0.6) is 0 Å². The second-order valence-corrected chi connectivity index (χ2v) is 5.89. The summed E-state index contributed by atoms with van der Waals surface area (Å²) in [6.07, 6.45) is 0. The number of aryl methyl sites for hydroxylation is 1. The molecule has 0 bridgehead atoms. The highest BCUT2D eigenvalue weighted by Crippen LogP contribution is 2.14. The smallest absolute Gasteiger partial charge is 0.274 e. The lowest BCUT2D eigenvalue weighted by Crippen LogP contribution is -2.39. The number of carbonyl (C=O) groups excluding carboxylic acids is 1. The van der Waals surface area contributed by atoms with Gasteiger partial charge in [-0.2, -0.15) is 5.10 Å². The number of amides is 1. The molecule has 2 aromatic rings. The van der Waals surface area contributed by atoms with Crippen LogP contribution >= 0.6 is 0 Å². The van der Waals surface area contributed by atoms with Crippen LogP contribution in [0.15, 0.2) is 36.4 Å². The number of carbonyl (C=O) groups is 1. The van der Waals surface area contributed by atoms with E-state index in [-0.39, 0.29) is 12.5 Å². The van der Waals surface area contributed by atoms with E-state index in [4.69, 9.17) is 0 Å². The first-order valence-corrected chi connectivity index (χ1v) is 6.88. The average molecular weight is 287 g/mol. The normalized spacial score (nSPS) is 11.5. The lowest BCUT2D eigenvalue weighted by molar-refractivity contribution is 0.0364. The second kappa shape index (κ2) is 5.69. The third-order valence-corrected chi connectivity index (χ3v) is 3.08. The zero-order valence-corrected chi connectivity index (χ0v) is 12.9. The largest absolute Gasteiger partial charge is 0.389 e. The van der Waals surface area contributed by atoms with Gasteiger partial charge >= 0.3 is 0 Å². The van der Waals surface area contributed by atoms with Gasteiger partial charge < -0.3 is 10.0 Å². The van der Waals surface area contributed by atoms with Gasteiger partial charge in [-0.1, -0.05) is 18.2 Å².